The highest BCUT2D eigenvalue weighted by Crippen LogP contribution is 2.16. The summed E-state index contributed by atoms with van der Waals surface area (Å²) < 4.78 is 1.07. The lowest BCUT2D eigenvalue weighted by Crippen LogP contribution is -2.45. The van der Waals surface area contributed by atoms with Crippen molar-refractivity contribution in [3.8, 4) is 0 Å². The number of hydrogen-bond acceptors (Lipinski definition) is 3. The summed E-state index contributed by atoms with van der Waals surface area (Å²) >= 11 is 3.70. The van der Waals surface area contributed by atoms with E-state index in [1.165, 1.54) is 11.3 Å². The molecule has 6 heteroatoms. The Bertz CT molecular complexity index is 455. The van der Waals surface area contributed by atoms with Crippen molar-refractivity contribution < 1.29 is 9.59 Å². The Kier molecular flexibility index (Phi) is 4.60. The molecule has 1 atom stereocenters. The van der Waals surface area contributed by atoms with Crippen LogP contribution in [0.3, 0.4) is 0 Å². The predicted octanol–water partition coefficient (Wildman–Crippen LogP) is 2.09. The third-order valence-electron chi connectivity index (χ3n) is 2.97. The molecule has 1 aliphatic heterocycles. The van der Waals surface area contributed by atoms with Crippen molar-refractivity contribution in [3.63, 3.8) is 0 Å². The average Bonchev–Trinajstić information content (AvgIpc) is 2.98. The van der Waals surface area contributed by atoms with Crippen molar-refractivity contribution in [2.45, 2.75) is 25.8 Å². The third kappa shape index (κ3) is 3.23. The van der Waals surface area contributed by atoms with E-state index in [2.05, 4.69) is 27.9 Å². The average molecular weight is 378 g/mol. The molecule has 0 saturated carbocycles. The summed E-state index contributed by atoms with van der Waals surface area (Å²) in [6.07, 6.45) is 2.13. The number of carbonyl (C=O) groups is 2. The molecule has 0 radical (unpaired) electrons. The summed E-state index contributed by atoms with van der Waals surface area (Å²) in [5.41, 5.74) is 0.630. The van der Waals surface area contributed by atoms with Gasteiger partial charge in [0.25, 0.3) is 5.91 Å². The molecular formula is C12H15IN2O2S. The molecule has 0 bridgehead atoms. The van der Waals surface area contributed by atoms with Gasteiger partial charge in [0.05, 0.1) is 8.45 Å². The summed E-state index contributed by atoms with van der Waals surface area (Å²) in [6, 6.07) is 1.38. The minimum Gasteiger partial charge on any atom is -0.341 e. The quantitative estimate of drug-likeness (QED) is 0.820. The fourth-order valence-corrected chi connectivity index (χ4v) is 3.31. The maximum Gasteiger partial charge on any atom is 0.252 e. The first-order valence-corrected chi connectivity index (χ1v) is 7.87. The zero-order valence-electron chi connectivity index (χ0n) is 10.1. The molecule has 1 N–H and O–H groups in total. The molecule has 0 spiro atoms. The van der Waals surface area contributed by atoms with E-state index in [1.54, 1.807) is 6.92 Å². The fraction of sp³-hybridized carbons (Fsp3) is 0.500. The van der Waals surface area contributed by atoms with E-state index in [9.17, 15) is 9.59 Å². The van der Waals surface area contributed by atoms with Crippen LogP contribution >= 0.6 is 33.9 Å². The standard InChI is InChI=1S/C12H15IN2O2S/c1-8(12(17)15-4-2-3-5-15)14-11(16)9-6-10(13)18-7-9/h6-8H,2-5H2,1H3,(H,14,16). The number of carbonyl (C=O) groups excluding carboxylic acids is 2. The molecule has 18 heavy (non-hydrogen) atoms. The summed E-state index contributed by atoms with van der Waals surface area (Å²) in [7, 11) is 0. The number of nitrogens with zero attached hydrogens (tertiary/aromatic N) is 1. The Hall–Kier alpha value is -0.630. The molecule has 2 heterocycles. The largest absolute Gasteiger partial charge is 0.341 e. The van der Waals surface area contributed by atoms with Crippen LogP contribution in [0, 0.1) is 2.88 Å². The van der Waals surface area contributed by atoms with Crippen molar-refractivity contribution in [1.29, 1.82) is 0 Å². The molecule has 0 aromatic carbocycles. The molecule has 0 aliphatic carbocycles. The van der Waals surface area contributed by atoms with Gasteiger partial charge in [-0.15, -0.1) is 11.3 Å². The molecule has 1 saturated heterocycles. The van der Waals surface area contributed by atoms with Crippen LogP contribution in [0.1, 0.15) is 30.1 Å². The molecule has 1 aromatic rings. The van der Waals surface area contributed by atoms with E-state index in [4.69, 9.17) is 0 Å². The highest BCUT2D eigenvalue weighted by molar-refractivity contribution is 14.1. The second kappa shape index (κ2) is 6.01. The van der Waals surface area contributed by atoms with Gasteiger partial charge in [-0.25, -0.2) is 0 Å². The first kappa shape index (κ1) is 13.8. The number of hydrogen-bond donors (Lipinski definition) is 1. The summed E-state index contributed by atoms with van der Waals surface area (Å²) in [5, 5.41) is 4.57. The lowest BCUT2D eigenvalue weighted by molar-refractivity contribution is -0.131. The lowest BCUT2D eigenvalue weighted by atomic mass is 10.2. The van der Waals surface area contributed by atoms with Crippen LogP contribution < -0.4 is 5.32 Å². The Labute approximate surface area is 124 Å². The normalized spacial score (nSPS) is 16.7. The van der Waals surface area contributed by atoms with Gasteiger partial charge in [0.15, 0.2) is 0 Å². The number of likely N-dealkylation sites (tertiary alicyclic amines) is 1. The van der Waals surface area contributed by atoms with E-state index >= 15 is 0 Å². The Morgan fingerprint density at radius 2 is 2.11 bits per heavy atom. The second-order valence-corrected chi connectivity index (χ2v) is 7.17. The Morgan fingerprint density at radius 1 is 1.44 bits per heavy atom. The van der Waals surface area contributed by atoms with E-state index < -0.39 is 6.04 Å². The number of halogens is 1. The minimum atomic E-state index is -0.451. The Morgan fingerprint density at radius 3 is 2.67 bits per heavy atom. The zero-order chi connectivity index (χ0) is 13.1. The van der Waals surface area contributed by atoms with Crippen LogP contribution in [-0.4, -0.2) is 35.8 Å². The molecule has 1 aliphatic rings. The van der Waals surface area contributed by atoms with Gasteiger partial charge >= 0.3 is 0 Å². The number of amides is 2. The van der Waals surface area contributed by atoms with Crippen LogP contribution in [-0.2, 0) is 4.79 Å². The van der Waals surface area contributed by atoms with E-state index in [-0.39, 0.29) is 11.8 Å². The summed E-state index contributed by atoms with van der Waals surface area (Å²) in [5.74, 6) is -0.153. The van der Waals surface area contributed by atoms with Crippen molar-refractivity contribution in [2.75, 3.05) is 13.1 Å². The highest BCUT2D eigenvalue weighted by atomic mass is 127. The van der Waals surface area contributed by atoms with Crippen LogP contribution in [0.25, 0.3) is 0 Å². The van der Waals surface area contributed by atoms with Crippen molar-refractivity contribution in [1.82, 2.24) is 10.2 Å². The van der Waals surface area contributed by atoms with Gasteiger partial charge in [-0.1, -0.05) is 0 Å². The minimum absolute atomic E-state index is 0.0192. The Balaban J connectivity index is 1.92. The molecule has 2 rings (SSSR count). The van der Waals surface area contributed by atoms with Gasteiger partial charge in [-0.3, -0.25) is 9.59 Å². The highest BCUT2D eigenvalue weighted by Gasteiger charge is 2.24. The first-order valence-electron chi connectivity index (χ1n) is 5.91. The van der Waals surface area contributed by atoms with Gasteiger partial charge < -0.3 is 10.2 Å². The van der Waals surface area contributed by atoms with Crippen molar-refractivity contribution >= 4 is 45.7 Å². The second-order valence-electron chi connectivity index (χ2n) is 4.37. The topological polar surface area (TPSA) is 49.4 Å². The molecule has 98 valence electrons. The summed E-state index contributed by atoms with van der Waals surface area (Å²) in [6.45, 7) is 3.38. The van der Waals surface area contributed by atoms with Crippen LogP contribution in [0.4, 0.5) is 0 Å². The van der Waals surface area contributed by atoms with Gasteiger partial charge in [0.1, 0.15) is 6.04 Å². The van der Waals surface area contributed by atoms with Crippen LogP contribution in [0.2, 0.25) is 0 Å². The zero-order valence-corrected chi connectivity index (χ0v) is 13.1. The number of nitrogens with one attached hydrogen (secondary N) is 1. The first-order chi connectivity index (χ1) is 8.58. The van der Waals surface area contributed by atoms with E-state index in [0.29, 0.717) is 5.56 Å². The SMILES string of the molecule is CC(NC(=O)c1csc(I)c1)C(=O)N1CCCC1. The van der Waals surface area contributed by atoms with Crippen LogP contribution in [0.5, 0.6) is 0 Å². The van der Waals surface area contributed by atoms with Crippen LogP contribution in [0.15, 0.2) is 11.4 Å². The van der Waals surface area contributed by atoms with Gasteiger partial charge in [0, 0.05) is 18.5 Å². The van der Waals surface area contributed by atoms with Gasteiger partial charge in [-0.2, -0.15) is 0 Å². The van der Waals surface area contributed by atoms with Crippen molar-refractivity contribution in [2.24, 2.45) is 0 Å². The summed E-state index contributed by atoms with van der Waals surface area (Å²) in [4.78, 5) is 25.8. The van der Waals surface area contributed by atoms with Gasteiger partial charge in [-0.05, 0) is 48.4 Å². The maximum atomic E-state index is 12.0. The maximum absolute atomic E-state index is 12.0. The molecule has 1 unspecified atom stereocenters. The number of rotatable bonds is 3. The van der Waals surface area contributed by atoms with E-state index in [1.807, 2.05) is 16.3 Å². The predicted molar refractivity (Wildman–Crippen MR) is 79.8 cm³/mol. The molecule has 1 fully saturated rings. The van der Waals surface area contributed by atoms with Gasteiger partial charge in [0.2, 0.25) is 5.91 Å². The van der Waals surface area contributed by atoms with E-state index in [0.717, 1.165) is 28.8 Å². The third-order valence-corrected chi connectivity index (χ3v) is 4.75. The molecule has 1 aromatic heterocycles. The fourth-order valence-electron chi connectivity index (χ4n) is 1.98. The van der Waals surface area contributed by atoms with Crippen molar-refractivity contribution in [3.05, 3.63) is 19.9 Å². The number of thiophene rings is 1. The molecular weight excluding hydrogens is 363 g/mol. The monoisotopic (exact) mass is 378 g/mol. The lowest BCUT2D eigenvalue weighted by Gasteiger charge is -2.20. The molecule has 2 amide bonds. The smallest absolute Gasteiger partial charge is 0.252 e. The molecule has 4 nitrogen and oxygen atoms in total.